The van der Waals surface area contributed by atoms with E-state index in [1.807, 2.05) is 6.07 Å². The monoisotopic (exact) mass is 267 g/mol. The van der Waals surface area contributed by atoms with Crippen molar-refractivity contribution in [2.45, 2.75) is 6.42 Å². The van der Waals surface area contributed by atoms with Gasteiger partial charge in [-0.3, -0.25) is 9.59 Å². The van der Waals surface area contributed by atoms with Gasteiger partial charge in [-0.2, -0.15) is 0 Å². The van der Waals surface area contributed by atoms with Crippen molar-refractivity contribution >= 4 is 27.7 Å². The van der Waals surface area contributed by atoms with E-state index >= 15 is 0 Å². The molecule has 0 fully saturated rings. The Kier molecular flexibility index (Phi) is 2.18. The number of Topliss-reactive ketones (excluding diaryl/α,β-unsaturated/α-hetero) is 1. The highest BCUT2D eigenvalue weighted by atomic mass is 16.5. The summed E-state index contributed by atoms with van der Waals surface area (Å²) in [6.07, 6.45) is 1.84. The molecule has 1 aliphatic rings. The number of ketones is 1. The lowest BCUT2D eigenvalue weighted by Gasteiger charge is -2.19. The summed E-state index contributed by atoms with van der Waals surface area (Å²) in [6, 6.07) is 6.58. The third kappa shape index (κ3) is 1.40. The molecule has 0 unspecified atom stereocenters. The van der Waals surface area contributed by atoms with Crippen LogP contribution in [0, 0.1) is 0 Å². The second kappa shape index (κ2) is 3.90. The highest BCUT2D eigenvalue weighted by molar-refractivity contribution is 6.18. The SMILES string of the molecule is O=C1CCOc2c1c1nc(=O)ccc1c1occcc21. The summed E-state index contributed by atoms with van der Waals surface area (Å²) in [5.41, 5.74) is 0.939. The number of benzene rings is 1. The number of nitrogens with zero attached hydrogens (tertiary/aromatic N) is 1. The van der Waals surface area contributed by atoms with Gasteiger partial charge in [0.2, 0.25) is 0 Å². The lowest BCUT2D eigenvalue weighted by molar-refractivity contribution is 0.0937. The summed E-state index contributed by atoms with van der Waals surface area (Å²) in [4.78, 5) is 27.7. The number of hydrogen-bond acceptors (Lipinski definition) is 5. The summed E-state index contributed by atoms with van der Waals surface area (Å²) >= 11 is 0. The fourth-order valence-corrected chi connectivity index (χ4v) is 2.61. The van der Waals surface area contributed by atoms with Crippen LogP contribution < -0.4 is 10.3 Å². The second-order valence-electron chi connectivity index (χ2n) is 4.63. The lowest BCUT2D eigenvalue weighted by atomic mass is 9.97. The molecule has 0 spiro atoms. The summed E-state index contributed by atoms with van der Waals surface area (Å²) < 4.78 is 11.2. The molecule has 0 saturated carbocycles. The first kappa shape index (κ1) is 11.2. The molecule has 0 saturated heterocycles. The Morgan fingerprint density at radius 2 is 2.00 bits per heavy atom. The van der Waals surface area contributed by atoms with Crippen molar-refractivity contribution in [3.05, 3.63) is 46.4 Å². The van der Waals surface area contributed by atoms with Crippen LogP contribution in [-0.4, -0.2) is 17.4 Å². The minimum atomic E-state index is -0.381. The predicted octanol–water partition coefficient (Wildman–Crippen LogP) is 2.31. The Balaban J connectivity index is 2.33. The van der Waals surface area contributed by atoms with Gasteiger partial charge in [-0.05, 0) is 18.2 Å². The Bertz CT molecular complexity index is 926. The highest BCUT2D eigenvalue weighted by Gasteiger charge is 2.26. The van der Waals surface area contributed by atoms with Crippen LogP contribution in [-0.2, 0) is 0 Å². The fourth-order valence-electron chi connectivity index (χ4n) is 2.61. The number of carbonyl (C=O) groups excluding carboxylic acids is 1. The van der Waals surface area contributed by atoms with Gasteiger partial charge in [-0.1, -0.05) is 0 Å². The van der Waals surface area contributed by atoms with E-state index in [9.17, 15) is 9.59 Å². The van der Waals surface area contributed by atoms with E-state index in [-0.39, 0.29) is 11.3 Å². The molecule has 0 amide bonds. The van der Waals surface area contributed by atoms with Gasteiger partial charge in [-0.15, -0.1) is 0 Å². The van der Waals surface area contributed by atoms with E-state index in [2.05, 4.69) is 4.98 Å². The number of rotatable bonds is 0. The zero-order valence-electron chi connectivity index (χ0n) is 10.4. The smallest absolute Gasteiger partial charge is 0.270 e. The van der Waals surface area contributed by atoms with Crippen LogP contribution in [0.25, 0.3) is 21.9 Å². The first-order valence-corrected chi connectivity index (χ1v) is 6.26. The molecular weight excluding hydrogens is 258 g/mol. The number of carbonyl (C=O) groups is 1. The molecule has 5 nitrogen and oxygen atoms in total. The summed E-state index contributed by atoms with van der Waals surface area (Å²) in [5, 5.41) is 1.38. The van der Waals surface area contributed by atoms with Crippen LogP contribution in [0.4, 0.5) is 0 Å². The fraction of sp³-hybridized carbons (Fsp3) is 0.133. The molecule has 2 aromatic heterocycles. The van der Waals surface area contributed by atoms with Gasteiger partial charge < -0.3 is 9.15 Å². The number of aromatic nitrogens is 1. The first-order valence-electron chi connectivity index (χ1n) is 6.26. The van der Waals surface area contributed by atoms with Crippen LogP contribution in [0.5, 0.6) is 5.75 Å². The number of fused-ring (bicyclic) bond motifs is 6. The second-order valence-corrected chi connectivity index (χ2v) is 4.63. The largest absolute Gasteiger partial charge is 0.491 e. The Morgan fingerprint density at radius 3 is 2.90 bits per heavy atom. The molecule has 3 heterocycles. The van der Waals surface area contributed by atoms with Gasteiger partial charge >= 0.3 is 0 Å². The third-order valence-electron chi connectivity index (χ3n) is 3.45. The zero-order valence-corrected chi connectivity index (χ0v) is 10.4. The van der Waals surface area contributed by atoms with Crippen molar-refractivity contribution in [1.29, 1.82) is 0 Å². The molecule has 0 aliphatic carbocycles. The maximum atomic E-state index is 12.2. The highest BCUT2D eigenvalue weighted by Crippen LogP contribution is 2.39. The molecule has 98 valence electrons. The van der Waals surface area contributed by atoms with Gasteiger partial charge in [0.05, 0.1) is 29.3 Å². The molecule has 0 bridgehead atoms. The molecule has 1 aromatic carbocycles. The van der Waals surface area contributed by atoms with Gasteiger partial charge in [0.1, 0.15) is 11.3 Å². The summed E-state index contributed by atoms with van der Waals surface area (Å²) in [6.45, 7) is 0.332. The van der Waals surface area contributed by atoms with E-state index in [1.54, 1.807) is 18.4 Å². The maximum absolute atomic E-state index is 12.2. The van der Waals surface area contributed by atoms with Crippen LogP contribution in [0.15, 0.2) is 39.7 Å². The minimum Gasteiger partial charge on any atom is -0.491 e. The molecule has 0 radical (unpaired) electrons. The minimum absolute atomic E-state index is 0.0555. The van der Waals surface area contributed by atoms with Crippen LogP contribution in [0.3, 0.4) is 0 Å². The van der Waals surface area contributed by atoms with E-state index in [4.69, 9.17) is 9.15 Å². The van der Waals surface area contributed by atoms with Crippen molar-refractivity contribution in [3.63, 3.8) is 0 Å². The molecule has 20 heavy (non-hydrogen) atoms. The zero-order chi connectivity index (χ0) is 13.7. The van der Waals surface area contributed by atoms with Crippen LogP contribution >= 0.6 is 0 Å². The van der Waals surface area contributed by atoms with Gasteiger partial charge in [0.15, 0.2) is 5.78 Å². The van der Waals surface area contributed by atoms with Crippen molar-refractivity contribution in [2.75, 3.05) is 6.61 Å². The average molecular weight is 267 g/mol. The Morgan fingerprint density at radius 1 is 1.10 bits per heavy atom. The van der Waals surface area contributed by atoms with Crippen LogP contribution in [0.2, 0.25) is 0 Å². The predicted molar refractivity (Wildman–Crippen MR) is 72.2 cm³/mol. The molecule has 3 aromatic rings. The summed E-state index contributed by atoms with van der Waals surface area (Å²) in [7, 11) is 0. The molecular formula is C15H9NO4. The molecule has 1 aliphatic heterocycles. The average Bonchev–Trinajstić information content (AvgIpc) is 2.47. The van der Waals surface area contributed by atoms with Crippen molar-refractivity contribution in [2.24, 2.45) is 0 Å². The van der Waals surface area contributed by atoms with Crippen molar-refractivity contribution in [1.82, 2.24) is 4.98 Å². The quantitative estimate of drug-likeness (QED) is 0.584. The molecule has 0 N–H and O–H groups in total. The number of pyridine rings is 1. The topological polar surface area (TPSA) is 69.4 Å². The molecule has 5 heteroatoms. The van der Waals surface area contributed by atoms with Gasteiger partial charge in [0.25, 0.3) is 5.56 Å². The molecule has 0 atom stereocenters. The molecule has 4 rings (SSSR count). The normalized spacial score (nSPS) is 14.3. The lowest BCUT2D eigenvalue weighted by Crippen LogP contribution is -2.18. The van der Waals surface area contributed by atoms with Crippen molar-refractivity contribution in [3.8, 4) is 5.75 Å². The Labute approximate surface area is 112 Å². The Hall–Kier alpha value is -2.69. The van der Waals surface area contributed by atoms with E-state index < -0.39 is 0 Å². The summed E-state index contributed by atoms with van der Waals surface area (Å²) in [5.74, 6) is 0.409. The van der Waals surface area contributed by atoms with Crippen molar-refractivity contribution < 1.29 is 13.9 Å². The van der Waals surface area contributed by atoms with E-state index in [0.717, 1.165) is 5.39 Å². The van der Waals surface area contributed by atoms with E-state index in [0.29, 0.717) is 40.8 Å². The maximum Gasteiger partial charge on any atom is 0.270 e. The standard InChI is InChI=1S/C15H9NO4/c17-10-5-7-20-15-9-2-1-6-19-14(9)8-3-4-11(18)16-13(8)12(10)15/h1-4,6H,5,7H2. The number of ether oxygens (including phenoxy) is 1. The van der Waals surface area contributed by atoms with Gasteiger partial charge in [-0.25, -0.2) is 4.98 Å². The van der Waals surface area contributed by atoms with E-state index in [1.165, 1.54) is 6.07 Å². The first-order chi connectivity index (χ1) is 9.75. The number of hydrogen-bond donors (Lipinski definition) is 0. The third-order valence-corrected chi connectivity index (χ3v) is 3.45. The van der Waals surface area contributed by atoms with Gasteiger partial charge in [0, 0.05) is 17.9 Å². The van der Waals surface area contributed by atoms with Crippen LogP contribution in [0.1, 0.15) is 16.8 Å².